The Morgan fingerprint density at radius 3 is 2.02 bits per heavy atom. The third-order valence-electron chi connectivity index (χ3n) is 7.15. The highest BCUT2D eigenvalue weighted by atomic mass is 35.5. The molecule has 1 atom stereocenters. The fraction of sp³-hybridized carbons (Fsp3) is 0.235. The largest absolute Gasteiger partial charge is 0.417 e. The molecule has 0 fully saturated rings. The van der Waals surface area contributed by atoms with Gasteiger partial charge in [0.05, 0.1) is 21.2 Å². The molecule has 0 aromatic heterocycles. The highest BCUT2D eigenvalue weighted by Crippen LogP contribution is 2.38. The van der Waals surface area contributed by atoms with Gasteiger partial charge in [0, 0.05) is 24.0 Å². The molecule has 1 N–H and O–H groups in total. The predicted molar refractivity (Wildman–Crippen MR) is 177 cm³/mol. The van der Waals surface area contributed by atoms with Crippen molar-refractivity contribution in [2.75, 3.05) is 10.8 Å². The molecule has 0 aliphatic heterocycles. The van der Waals surface area contributed by atoms with Crippen LogP contribution in [-0.4, -0.2) is 43.8 Å². The van der Waals surface area contributed by atoms with Gasteiger partial charge in [0.2, 0.25) is 11.8 Å². The second-order valence-electron chi connectivity index (χ2n) is 11.0. The van der Waals surface area contributed by atoms with Crippen molar-refractivity contribution in [3.05, 3.63) is 130 Å². The Bertz CT molecular complexity index is 1810. The second-order valence-corrected chi connectivity index (χ2v) is 13.6. The molecule has 0 bridgehead atoms. The van der Waals surface area contributed by atoms with E-state index in [0.717, 1.165) is 17.7 Å². The molecule has 0 spiro atoms. The Labute approximate surface area is 282 Å². The van der Waals surface area contributed by atoms with E-state index >= 15 is 0 Å². The molecule has 7 nitrogen and oxygen atoms in total. The van der Waals surface area contributed by atoms with Crippen molar-refractivity contribution < 1.29 is 31.2 Å². The quantitative estimate of drug-likeness (QED) is 0.167. The SMILES string of the molecule is CC(C)NC(=O)[C@@H](Cc1ccccc1)N(Cc1ccccc1Cl)C(=O)CN(c1ccc(Cl)c(C(F)(F)F)c1)S(=O)(=O)c1ccccc1. The molecule has 0 aliphatic rings. The maximum absolute atomic E-state index is 14.4. The maximum Gasteiger partial charge on any atom is 0.417 e. The van der Waals surface area contributed by atoms with Gasteiger partial charge in [-0.1, -0.05) is 89.9 Å². The predicted octanol–water partition coefficient (Wildman–Crippen LogP) is 7.37. The normalized spacial score (nSPS) is 12.4. The van der Waals surface area contributed by atoms with E-state index in [2.05, 4.69) is 5.32 Å². The number of hydrogen-bond donors (Lipinski definition) is 1. The lowest BCUT2D eigenvalue weighted by Crippen LogP contribution is -2.54. The Morgan fingerprint density at radius 2 is 1.43 bits per heavy atom. The van der Waals surface area contributed by atoms with Crippen molar-refractivity contribution in [1.82, 2.24) is 10.2 Å². The van der Waals surface area contributed by atoms with Gasteiger partial charge in [-0.15, -0.1) is 0 Å². The van der Waals surface area contributed by atoms with Crippen LogP contribution < -0.4 is 9.62 Å². The molecule has 4 aromatic rings. The summed E-state index contributed by atoms with van der Waals surface area (Å²) in [7, 11) is -4.61. The monoisotopic (exact) mass is 705 g/mol. The van der Waals surface area contributed by atoms with Crippen LogP contribution in [0.1, 0.15) is 30.5 Å². The molecular formula is C34H32Cl2F3N3O4S. The van der Waals surface area contributed by atoms with Crippen molar-refractivity contribution >= 4 is 50.7 Å². The third-order valence-corrected chi connectivity index (χ3v) is 9.64. The van der Waals surface area contributed by atoms with Crippen molar-refractivity contribution in [2.24, 2.45) is 0 Å². The average Bonchev–Trinajstić information content (AvgIpc) is 3.02. The van der Waals surface area contributed by atoms with E-state index in [0.29, 0.717) is 21.0 Å². The lowest BCUT2D eigenvalue weighted by Gasteiger charge is -2.34. The van der Waals surface area contributed by atoms with Crippen LogP contribution in [0, 0.1) is 0 Å². The van der Waals surface area contributed by atoms with Crippen LogP contribution in [0.4, 0.5) is 18.9 Å². The van der Waals surface area contributed by atoms with Crippen LogP contribution >= 0.6 is 23.2 Å². The van der Waals surface area contributed by atoms with E-state index in [4.69, 9.17) is 23.2 Å². The first kappa shape index (κ1) is 35.8. The minimum atomic E-state index is -4.91. The number of carbonyl (C=O) groups excluding carboxylic acids is 2. The van der Waals surface area contributed by atoms with Crippen molar-refractivity contribution in [1.29, 1.82) is 0 Å². The summed E-state index contributed by atoms with van der Waals surface area (Å²) in [6.45, 7) is 2.37. The zero-order valence-corrected chi connectivity index (χ0v) is 27.7. The van der Waals surface area contributed by atoms with Gasteiger partial charge in [0.1, 0.15) is 12.6 Å². The number of sulfonamides is 1. The summed E-state index contributed by atoms with van der Waals surface area (Å²) >= 11 is 12.3. The zero-order valence-electron chi connectivity index (χ0n) is 25.4. The van der Waals surface area contributed by atoms with E-state index in [1.807, 2.05) is 0 Å². The van der Waals surface area contributed by atoms with E-state index < -0.39 is 56.9 Å². The number of halogens is 5. The van der Waals surface area contributed by atoms with Gasteiger partial charge in [0.25, 0.3) is 10.0 Å². The molecule has 248 valence electrons. The highest BCUT2D eigenvalue weighted by molar-refractivity contribution is 7.92. The first-order valence-corrected chi connectivity index (χ1v) is 16.7. The number of alkyl halides is 3. The van der Waals surface area contributed by atoms with Crippen LogP contribution in [0.5, 0.6) is 0 Å². The topological polar surface area (TPSA) is 86.8 Å². The molecule has 0 aliphatic carbocycles. The molecular weight excluding hydrogens is 674 g/mol. The summed E-state index contributed by atoms with van der Waals surface area (Å²) in [5.74, 6) is -1.36. The summed E-state index contributed by atoms with van der Waals surface area (Å²) in [6.07, 6.45) is -4.86. The minimum Gasteiger partial charge on any atom is -0.352 e. The number of amides is 2. The van der Waals surface area contributed by atoms with E-state index in [9.17, 15) is 31.2 Å². The van der Waals surface area contributed by atoms with Crippen molar-refractivity contribution in [3.63, 3.8) is 0 Å². The lowest BCUT2D eigenvalue weighted by atomic mass is 10.0. The van der Waals surface area contributed by atoms with Gasteiger partial charge in [-0.05, 0) is 61.4 Å². The number of hydrogen-bond acceptors (Lipinski definition) is 4. The standard InChI is InChI=1S/C34H32Cl2F3N3O4S/c1-23(2)40-33(44)31(19-24-11-5-3-6-12-24)41(21-25-13-9-10-16-29(25)35)32(43)22-42(47(45,46)27-14-7-4-8-15-27)26-17-18-30(36)28(20-26)34(37,38)39/h3-18,20,23,31H,19,21-22H2,1-2H3,(H,40,44)/t31-/m1/s1. The van der Waals surface area contributed by atoms with Gasteiger partial charge in [0.15, 0.2) is 0 Å². The molecule has 0 heterocycles. The Morgan fingerprint density at radius 1 is 0.830 bits per heavy atom. The van der Waals surface area contributed by atoms with Gasteiger partial charge in [-0.2, -0.15) is 13.2 Å². The fourth-order valence-electron chi connectivity index (χ4n) is 4.88. The Kier molecular flexibility index (Phi) is 11.6. The molecule has 0 unspecified atom stereocenters. The van der Waals surface area contributed by atoms with Gasteiger partial charge >= 0.3 is 6.18 Å². The summed E-state index contributed by atoms with van der Waals surface area (Å²) < 4.78 is 70.4. The van der Waals surface area contributed by atoms with Crippen LogP contribution in [-0.2, 0) is 38.8 Å². The molecule has 47 heavy (non-hydrogen) atoms. The smallest absolute Gasteiger partial charge is 0.352 e. The van der Waals surface area contributed by atoms with Crippen LogP contribution in [0.2, 0.25) is 10.0 Å². The Hall–Kier alpha value is -4.06. The molecule has 0 saturated heterocycles. The number of carbonyl (C=O) groups is 2. The zero-order chi connectivity index (χ0) is 34.4. The minimum absolute atomic E-state index is 0.0557. The molecule has 0 radical (unpaired) electrons. The first-order valence-electron chi connectivity index (χ1n) is 14.5. The lowest BCUT2D eigenvalue weighted by molar-refractivity contribution is -0.140. The van der Waals surface area contributed by atoms with Crippen LogP contribution in [0.25, 0.3) is 0 Å². The van der Waals surface area contributed by atoms with Crippen molar-refractivity contribution in [2.45, 2.75) is 50.0 Å². The number of nitrogens with one attached hydrogen (secondary N) is 1. The number of benzene rings is 4. The van der Waals surface area contributed by atoms with Crippen molar-refractivity contribution in [3.8, 4) is 0 Å². The third kappa shape index (κ3) is 9.06. The summed E-state index contributed by atoms with van der Waals surface area (Å²) in [5, 5.41) is 2.49. The average molecular weight is 707 g/mol. The Balaban J connectivity index is 1.87. The highest BCUT2D eigenvalue weighted by Gasteiger charge is 2.38. The number of rotatable bonds is 12. The van der Waals surface area contributed by atoms with E-state index in [1.165, 1.54) is 29.2 Å². The molecule has 4 rings (SSSR count). The first-order chi connectivity index (χ1) is 22.2. The van der Waals surface area contributed by atoms with E-state index in [1.54, 1.807) is 74.5 Å². The fourth-order valence-corrected chi connectivity index (χ4v) is 6.73. The van der Waals surface area contributed by atoms with Gasteiger partial charge in [-0.3, -0.25) is 13.9 Å². The van der Waals surface area contributed by atoms with Crippen LogP contribution in [0.15, 0.2) is 108 Å². The summed E-state index contributed by atoms with van der Waals surface area (Å²) in [6, 6.07) is 23.7. The van der Waals surface area contributed by atoms with Gasteiger partial charge in [-0.25, -0.2) is 8.42 Å². The molecule has 13 heteroatoms. The number of nitrogens with zero attached hydrogens (tertiary/aromatic N) is 2. The molecule has 2 amide bonds. The maximum atomic E-state index is 14.4. The van der Waals surface area contributed by atoms with E-state index in [-0.39, 0.29) is 23.9 Å². The van der Waals surface area contributed by atoms with Gasteiger partial charge < -0.3 is 10.2 Å². The number of anilines is 1. The second kappa shape index (κ2) is 15.2. The summed E-state index contributed by atoms with van der Waals surface area (Å²) in [4.78, 5) is 29.1. The van der Waals surface area contributed by atoms with Crippen LogP contribution in [0.3, 0.4) is 0 Å². The summed E-state index contributed by atoms with van der Waals surface area (Å²) in [5.41, 5.74) is -0.526. The molecule has 4 aromatic carbocycles. The molecule has 0 saturated carbocycles.